The molecule has 1 fully saturated rings. The van der Waals surface area contributed by atoms with Gasteiger partial charge in [-0.05, 0) is 42.0 Å². The number of para-hydroxylation sites is 1. The lowest BCUT2D eigenvalue weighted by molar-refractivity contribution is -0.128. The Balaban J connectivity index is 1.50. The molecule has 4 heteroatoms. The average molecular weight is 338 g/mol. The molecule has 132 valence electrons. The fraction of sp³-hybridized carbons (Fsp3) is 0.381. The number of aliphatic hydroxyl groups excluding tert-OH is 1. The van der Waals surface area contributed by atoms with E-state index in [0.717, 1.165) is 37.2 Å². The van der Waals surface area contributed by atoms with Crippen molar-refractivity contribution in [2.24, 2.45) is 5.92 Å². The van der Waals surface area contributed by atoms with Crippen LogP contribution in [0.25, 0.3) is 0 Å². The number of nitrogens with zero attached hydrogens (tertiary/aromatic N) is 2. The smallest absolute Gasteiger partial charge is 0.242 e. The van der Waals surface area contributed by atoms with E-state index in [1.165, 1.54) is 5.56 Å². The number of carbonyl (C=O) groups excluding carboxylic acids is 1. The van der Waals surface area contributed by atoms with Crippen molar-refractivity contribution in [2.75, 3.05) is 31.6 Å². The van der Waals surface area contributed by atoms with Gasteiger partial charge in [0.05, 0.1) is 13.2 Å². The minimum atomic E-state index is 0.0842. The summed E-state index contributed by atoms with van der Waals surface area (Å²) in [6.45, 7) is 2.19. The molecule has 0 aromatic heterocycles. The van der Waals surface area contributed by atoms with Crippen molar-refractivity contribution in [1.29, 1.82) is 0 Å². The number of likely N-dealkylation sites (N-methyl/N-ethyl adjacent to an activating group) is 1. The average Bonchev–Trinajstić information content (AvgIpc) is 3.12. The van der Waals surface area contributed by atoms with Crippen molar-refractivity contribution in [3.8, 4) is 0 Å². The molecule has 1 saturated heterocycles. The Morgan fingerprint density at radius 1 is 1.12 bits per heavy atom. The van der Waals surface area contributed by atoms with Gasteiger partial charge in [0.15, 0.2) is 0 Å². The zero-order valence-electron chi connectivity index (χ0n) is 14.8. The zero-order chi connectivity index (χ0) is 17.6. The molecule has 0 bridgehead atoms. The molecule has 1 aliphatic rings. The molecule has 1 unspecified atom stereocenters. The zero-order valence-corrected chi connectivity index (χ0v) is 14.8. The highest BCUT2D eigenvalue weighted by Crippen LogP contribution is 2.22. The molecular weight excluding hydrogens is 312 g/mol. The number of carbonyl (C=O) groups is 1. The van der Waals surface area contributed by atoms with E-state index < -0.39 is 0 Å². The molecule has 0 spiro atoms. The molecule has 0 aliphatic carbocycles. The van der Waals surface area contributed by atoms with Crippen molar-refractivity contribution >= 4 is 11.6 Å². The first kappa shape index (κ1) is 17.5. The maximum atomic E-state index is 12.6. The summed E-state index contributed by atoms with van der Waals surface area (Å²) in [6, 6.07) is 18.1. The first-order valence-electron chi connectivity index (χ1n) is 8.88. The lowest BCUT2D eigenvalue weighted by Gasteiger charge is -2.23. The van der Waals surface area contributed by atoms with Crippen LogP contribution in [0.4, 0.5) is 5.69 Å². The highest BCUT2D eigenvalue weighted by atomic mass is 16.3. The number of benzene rings is 2. The lowest BCUT2D eigenvalue weighted by Crippen LogP contribution is -2.37. The number of hydrogen-bond acceptors (Lipinski definition) is 3. The van der Waals surface area contributed by atoms with Crippen LogP contribution in [0.5, 0.6) is 0 Å². The van der Waals surface area contributed by atoms with E-state index in [-0.39, 0.29) is 12.5 Å². The second-order valence-corrected chi connectivity index (χ2v) is 6.86. The Bertz CT molecular complexity index is 685. The molecule has 2 aromatic carbocycles. The molecule has 0 saturated carbocycles. The van der Waals surface area contributed by atoms with E-state index in [1.54, 1.807) is 0 Å². The van der Waals surface area contributed by atoms with Crippen LogP contribution in [0.1, 0.15) is 17.5 Å². The van der Waals surface area contributed by atoms with Gasteiger partial charge in [-0.1, -0.05) is 42.5 Å². The third-order valence-corrected chi connectivity index (χ3v) is 4.94. The van der Waals surface area contributed by atoms with Crippen molar-refractivity contribution < 1.29 is 9.90 Å². The van der Waals surface area contributed by atoms with Gasteiger partial charge in [0.2, 0.25) is 5.91 Å². The van der Waals surface area contributed by atoms with Gasteiger partial charge in [-0.15, -0.1) is 0 Å². The number of anilines is 1. The van der Waals surface area contributed by atoms with Gasteiger partial charge in [0.25, 0.3) is 0 Å². The minimum Gasteiger partial charge on any atom is -0.392 e. The fourth-order valence-electron chi connectivity index (χ4n) is 3.42. The van der Waals surface area contributed by atoms with Crippen molar-refractivity contribution in [2.45, 2.75) is 19.4 Å². The van der Waals surface area contributed by atoms with E-state index >= 15 is 0 Å². The first-order valence-corrected chi connectivity index (χ1v) is 8.88. The maximum Gasteiger partial charge on any atom is 0.242 e. The summed E-state index contributed by atoms with van der Waals surface area (Å²) in [5, 5.41) is 9.11. The van der Waals surface area contributed by atoms with Crippen molar-refractivity contribution in [3.05, 3.63) is 65.7 Å². The van der Waals surface area contributed by atoms with Crippen LogP contribution in [-0.2, 0) is 17.8 Å². The third-order valence-electron chi connectivity index (χ3n) is 4.94. The first-order chi connectivity index (χ1) is 12.2. The summed E-state index contributed by atoms with van der Waals surface area (Å²) in [7, 11) is 1.96. The number of aliphatic hydroxyl groups is 1. The highest BCUT2D eigenvalue weighted by Gasteiger charge is 2.26. The number of likely N-dealkylation sites (tertiary alicyclic amines) is 1. The minimum absolute atomic E-state index is 0.0842. The predicted octanol–water partition coefficient (Wildman–Crippen LogP) is 2.71. The summed E-state index contributed by atoms with van der Waals surface area (Å²) in [5.41, 5.74) is 3.28. The summed E-state index contributed by atoms with van der Waals surface area (Å²) in [4.78, 5) is 16.6. The van der Waals surface area contributed by atoms with E-state index in [1.807, 2.05) is 59.3 Å². The summed E-state index contributed by atoms with van der Waals surface area (Å²) < 4.78 is 0. The Kier molecular flexibility index (Phi) is 5.71. The van der Waals surface area contributed by atoms with Crippen LogP contribution >= 0.6 is 0 Å². The molecule has 1 atom stereocenters. The Labute approximate surface area is 149 Å². The molecule has 4 nitrogen and oxygen atoms in total. The molecule has 1 heterocycles. The topological polar surface area (TPSA) is 43.8 Å². The molecular formula is C21H26N2O2. The van der Waals surface area contributed by atoms with Crippen molar-refractivity contribution in [1.82, 2.24) is 4.90 Å². The van der Waals surface area contributed by atoms with Crippen LogP contribution < -0.4 is 4.90 Å². The Morgan fingerprint density at radius 3 is 2.48 bits per heavy atom. The van der Waals surface area contributed by atoms with Crippen LogP contribution in [0.3, 0.4) is 0 Å². The van der Waals surface area contributed by atoms with Crippen LogP contribution in [0, 0.1) is 5.92 Å². The van der Waals surface area contributed by atoms with Gasteiger partial charge in [-0.25, -0.2) is 0 Å². The Morgan fingerprint density at radius 2 is 1.80 bits per heavy atom. The normalized spacial score (nSPS) is 16.9. The summed E-state index contributed by atoms with van der Waals surface area (Å²) in [5.74, 6) is 0.718. The molecule has 1 aliphatic heterocycles. The highest BCUT2D eigenvalue weighted by molar-refractivity contribution is 5.81. The quantitative estimate of drug-likeness (QED) is 0.881. The van der Waals surface area contributed by atoms with Crippen molar-refractivity contribution in [3.63, 3.8) is 0 Å². The fourth-order valence-corrected chi connectivity index (χ4v) is 3.42. The van der Waals surface area contributed by atoms with Gasteiger partial charge >= 0.3 is 0 Å². The van der Waals surface area contributed by atoms with Crippen LogP contribution in [0.2, 0.25) is 0 Å². The Hall–Kier alpha value is -2.33. The van der Waals surface area contributed by atoms with Gasteiger partial charge < -0.3 is 14.9 Å². The molecule has 2 aromatic rings. The van der Waals surface area contributed by atoms with Gasteiger partial charge in [-0.2, -0.15) is 0 Å². The van der Waals surface area contributed by atoms with E-state index in [9.17, 15) is 4.79 Å². The largest absolute Gasteiger partial charge is 0.392 e. The third kappa shape index (κ3) is 4.60. The molecule has 1 amide bonds. The van der Waals surface area contributed by atoms with Crippen LogP contribution in [-0.4, -0.2) is 42.6 Å². The summed E-state index contributed by atoms with van der Waals surface area (Å²) in [6.07, 6.45) is 2.05. The van der Waals surface area contributed by atoms with E-state index in [2.05, 4.69) is 12.1 Å². The molecule has 0 radical (unpaired) electrons. The monoisotopic (exact) mass is 338 g/mol. The van der Waals surface area contributed by atoms with E-state index in [0.29, 0.717) is 12.5 Å². The van der Waals surface area contributed by atoms with Gasteiger partial charge in [0, 0.05) is 25.8 Å². The van der Waals surface area contributed by atoms with E-state index in [4.69, 9.17) is 5.11 Å². The maximum absolute atomic E-state index is 12.6. The number of amides is 1. The second kappa shape index (κ2) is 8.17. The number of rotatable bonds is 6. The molecule has 1 N–H and O–H groups in total. The lowest BCUT2D eigenvalue weighted by atomic mass is 9.98. The van der Waals surface area contributed by atoms with Gasteiger partial charge in [0.1, 0.15) is 0 Å². The van der Waals surface area contributed by atoms with Crippen LogP contribution in [0.15, 0.2) is 54.6 Å². The SMILES string of the molecule is CN(CC(=O)N1CCC(Cc2ccc(CO)cc2)C1)c1ccccc1. The van der Waals surface area contributed by atoms with Gasteiger partial charge in [-0.3, -0.25) is 4.79 Å². The standard InChI is InChI=1S/C21H26N2O2/c1-22(20-5-3-2-4-6-20)15-21(25)23-12-11-19(14-23)13-17-7-9-18(16-24)10-8-17/h2-10,19,24H,11-16H2,1H3. The second-order valence-electron chi connectivity index (χ2n) is 6.86. The summed E-state index contributed by atoms with van der Waals surface area (Å²) >= 11 is 0. The molecule has 25 heavy (non-hydrogen) atoms. The number of hydrogen-bond donors (Lipinski definition) is 1. The molecule has 3 rings (SSSR count). The predicted molar refractivity (Wildman–Crippen MR) is 100 cm³/mol.